The van der Waals surface area contributed by atoms with E-state index < -0.39 is 0 Å². The number of benzene rings is 1. The molecule has 2 aromatic rings. The number of pyridine rings is 1. The summed E-state index contributed by atoms with van der Waals surface area (Å²) >= 11 is 1.71. The van der Waals surface area contributed by atoms with E-state index in [0.29, 0.717) is 5.69 Å². The first-order valence-corrected chi connectivity index (χ1v) is 6.53. The van der Waals surface area contributed by atoms with Gasteiger partial charge in [0.1, 0.15) is 0 Å². The van der Waals surface area contributed by atoms with Crippen molar-refractivity contribution in [1.82, 2.24) is 4.98 Å². The van der Waals surface area contributed by atoms with E-state index >= 15 is 0 Å². The Morgan fingerprint density at radius 1 is 1.18 bits per heavy atom. The highest BCUT2D eigenvalue weighted by molar-refractivity contribution is 7.98. The Labute approximate surface area is 105 Å². The van der Waals surface area contributed by atoms with Gasteiger partial charge < -0.3 is 11.5 Å². The second kappa shape index (κ2) is 5.21. The fraction of sp³-hybridized carbons (Fsp3) is 0.154. The first kappa shape index (κ1) is 12.0. The van der Waals surface area contributed by atoms with Crippen LogP contribution in [0, 0.1) is 0 Å². The monoisotopic (exact) mass is 245 g/mol. The molecule has 1 aromatic heterocycles. The Bertz CT molecular complexity index is 496. The molecule has 0 aliphatic rings. The number of rotatable bonds is 3. The average molecular weight is 245 g/mol. The average Bonchev–Trinajstić information content (AvgIpc) is 2.39. The third-order valence-electron chi connectivity index (χ3n) is 2.70. The zero-order valence-electron chi connectivity index (χ0n) is 9.63. The van der Waals surface area contributed by atoms with Gasteiger partial charge in [-0.1, -0.05) is 12.1 Å². The Hall–Kier alpha value is -1.52. The lowest BCUT2D eigenvalue weighted by Gasteiger charge is -2.14. The highest BCUT2D eigenvalue weighted by Crippen LogP contribution is 2.25. The summed E-state index contributed by atoms with van der Waals surface area (Å²) in [5.74, 6) is 0. The molecular weight excluding hydrogens is 230 g/mol. The quantitative estimate of drug-likeness (QED) is 0.815. The number of thioether (sulfide) groups is 1. The third kappa shape index (κ3) is 2.60. The number of nitrogens with zero attached hydrogens (tertiary/aromatic N) is 1. The Morgan fingerprint density at radius 3 is 2.47 bits per heavy atom. The molecule has 88 valence electrons. The molecule has 0 radical (unpaired) electrons. The minimum Gasteiger partial charge on any atom is -0.398 e. The lowest BCUT2D eigenvalue weighted by molar-refractivity contribution is 0.865. The third-order valence-corrected chi connectivity index (χ3v) is 3.44. The fourth-order valence-corrected chi connectivity index (χ4v) is 2.08. The van der Waals surface area contributed by atoms with E-state index in [0.717, 1.165) is 11.1 Å². The van der Waals surface area contributed by atoms with Crippen LogP contribution in [0.2, 0.25) is 0 Å². The van der Waals surface area contributed by atoms with Gasteiger partial charge in [-0.2, -0.15) is 0 Å². The molecule has 0 aliphatic carbocycles. The fourth-order valence-electron chi connectivity index (χ4n) is 1.67. The van der Waals surface area contributed by atoms with Gasteiger partial charge >= 0.3 is 0 Å². The summed E-state index contributed by atoms with van der Waals surface area (Å²) in [6, 6.07) is 9.73. The molecule has 3 nitrogen and oxygen atoms in total. The van der Waals surface area contributed by atoms with E-state index in [4.69, 9.17) is 11.5 Å². The van der Waals surface area contributed by atoms with Crippen LogP contribution >= 0.6 is 11.8 Å². The minimum atomic E-state index is -0.223. The number of hydrogen-bond donors (Lipinski definition) is 2. The predicted octanol–water partition coefficient (Wildman–Crippen LogP) is 2.43. The molecule has 0 fully saturated rings. The molecule has 1 unspecified atom stereocenters. The zero-order chi connectivity index (χ0) is 12.3. The molecule has 0 bridgehead atoms. The molecule has 17 heavy (non-hydrogen) atoms. The molecule has 4 N–H and O–H groups in total. The van der Waals surface area contributed by atoms with Gasteiger partial charge in [0.15, 0.2) is 0 Å². The van der Waals surface area contributed by atoms with E-state index in [1.807, 2.05) is 18.4 Å². The number of nitrogen functional groups attached to an aromatic ring is 1. The second-order valence-electron chi connectivity index (χ2n) is 3.76. The second-order valence-corrected chi connectivity index (χ2v) is 4.64. The Kier molecular flexibility index (Phi) is 3.66. The number of anilines is 1. The standard InChI is InChI=1S/C13H15N3S/c1-17-10-4-2-9(3-5-10)13(15)11-8-16-7-6-12(11)14/h2-8,13H,15H2,1H3,(H2,14,16). The first-order valence-electron chi connectivity index (χ1n) is 5.31. The summed E-state index contributed by atoms with van der Waals surface area (Å²) in [7, 11) is 0. The number of hydrogen-bond acceptors (Lipinski definition) is 4. The van der Waals surface area contributed by atoms with Crippen molar-refractivity contribution in [3.8, 4) is 0 Å². The highest BCUT2D eigenvalue weighted by atomic mass is 32.2. The maximum atomic E-state index is 6.18. The maximum Gasteiger partial charge on any atom is 0.0587 e. The molecule has 1 atom stereocenters. The predicted molar refractivity (Wildman–Crippen MR) is 72.9 cm³/mol. The normalized spacial score (nSPS) is 12.4. The Morgan fingerprint density at radius 2 is 1.88 bits per heavy atom. The van der Waals surface area contributed by atoms with Crippen LogP contribution in [0.3, 0.4) is 0 Å². The van der Waals surface area contributed by atoms with E-state index in [2.05, 4.69) is 17.1 Å². The largest absolute Gasteiger partial charge is 0.398 e. The van der Waals surface area contributed by atoms with Crippen LogP contribution in [0.1, 0.15) is 17.2 Å². The van der Waals surface area contributed by atoms with Crippen LogP contribution in [0.4, 0.5) is 5.69 Å². The van der Waals surface area contributed by atoms with Gasteiger partial charge in [-0.15, -0.1) is 11.8 Å². The van der Waals surface area contributed by atoms with Crippen molar-refractivity contribution < 1.29 is 0 Å². The van der Waals surface area contributed by atoms with Gasteiger partial charge in [-0.05, 0) is 30.0 Å². The van der Waals surface area contributed by atoms with Gasteiger partial charge in [-0.3, -0.25) is 4.98 Å². The molecule has 1 heterocycles. The molecule has 0 saturated heterocycles. The minimum absolute atomic E-state index is 0.223. The number of aromatic nitrogens is 1. The van der Waals surface area contributed by atoms with Crippen LogP contribution in [-0.4, -0.2) is 11.2 Å². The molecule has 0 saturated carbocycles. The molecule has 0 spiro atoms. The van der Waals surface area contributed by atoms with E-state index in [-0.39, 0.29) is 6.04 Å². The van der Waals surface area contributed by atoms with Crippen molar-refractivity contribution >= 4 is 17.4 Å². The van der Waals surface area contributed by atoms with E-state index in [9.17, 15) is 0 Å². The van der Waals surface area contributed by atoms with Crippen molar-refractivity contribution in [3.05, 3.63) is 53.9 Å². The summed E-state index contributed by atoms with van der Waals surface area (Å²) < 4.78 is 0. The van der Waals surface area contributed by atoms with Crippen LogP contribution in [-0.2, 0) is 0 Å². The van der Waals surface area contributed by atoms with E-state index in [1.165, 1.54) is 4.90 Å². The first-order chi connectivity index (χ1) is 8.22. The lowest BCUT2D eigenvalue weighted by atomic mass is 10.00. The molecule has 1 aromatic carbocycles. The molecule has 2 rings (SSSR count). The van der Waals surface area contributed by atoms with Crippen LogP contribution in [0.5, 0.6) is 0 Å². The van der Waals surface area contributed by atoms with Gasteiger partial charge in [0.2, 0.25) is 0 Å². The zero-order valence-corrected chi connectivity index (χ0v) is 10.4. The molecular formula is C13H15N3S. The van der Waals surface area contributed by atoms with Crippen LogP contribution in [0.25, 0.3) is 0 Å². The van der Waals surface area contributed by atoms with Gasteiger partial charge in [-0.25, -0.2) is 0 Å². The summed E-state index contributed by atoms with van der Waals surface area (Å²) in [6.45, 7) is 0. The van der Waals surface area contributed by atoms with Crippen LogP contribution in [0.15, 0.2) is 47.6 Å². The van der Waals surface area contributed by atoms with Gasteiger partial charge in [0, 0.05) is 28.5 Å². The van der Waals surface area contributed by atoms with Crippen LogP contribution < -0.4 is 11.5 Å². The van der Waals surface area contributed by atoms with Crippen molar-refractivity contribution in [2.24, 2.45) is 5.73 Å². The SMILES string of the molecule is CSc1ccc(C(N)c2cnccc2N)cc1. The topological polar surface area (TPSA) is 64.9 Å². The highest BCUT2D eigenvalue weighted by Gasteiger charge is 2.11. The van der Waals surface area contributed by atoms with Gasteiger partial charge in [0.25, 0.3) is 0 Å². The maximum absolute atomic E-state index is 6.18. The Balaban J connectivity index is 2.30. The molecule has 0 aliphatic heterocycles. The molecule has 4 heteroatoms. The summed E-state index contributed by atoms with van der Waals surface area (Å²) in [6.07, 6.45) is 5.44. The summed E-state index contributed by atoms with van der Waals surface area (Å²) in [5.41, 5.74) is 14.7. The van der Waals surface area contributed by atoms with Crippen molar-refractivity contribution in [2.45, 2.75) is 10.9 Å². The summed E-state index contributed by atoms with van der Waals surface area (Å²) in [5, 5.41) is 0. The smallest absolute Gasteiger partial charge is 0.0587 e. The van der Waals surface area contributed by atoms with Crippen molar-refractivity contribution in [1.29, 1.82) is 0 Å². The van der Waals surface area contributed by atoms with Gasteiger partial charge in [0.05, 0.1) is 6.04 Å². The van der Waals surface area contributed by atoms with Crippen molar-refractivity contribution in [3.63, 3.8) is 0 Å². The van der Waals surface area contributed by atoms with E-state index in [1.54, 1.807) is 30.2 Å². The molecule has 0 amide bonds. The lowest BCUT2D eigenvalue weighted by Crippen LogP contribution is -2.14. The number of nitrogens with two attached hydrogens (primary N) is 2. The van der Waals surface area contributed by atoms with Crippen molar-refractivity contribution in [2.75, 3.05) is 12.0 Å². The summed E-state index contributed by atoms with van der Waals surface area (Å²) in [4.78, 5) is 5.28.